The smallest absolute Gasteiger partial charge is 0.246 e. The van der Waals surface area contributed by atoms with Crippen LogP contribution >= 0.6 is 24.0 Å². The third kappa shape index (κ3) is 5.47. The third-order valence-electron chi connectivity index (χ3n) is 5.11. The lowest BCUT2D eigenvalue weighted by atomic mass is 10.1. The lowest BCUT2D eigenvalue weighted by molar-refractivity contribution is -0.120. The van der Waals surface area contributed by atoms with Gasteiger partial charge in [0.2, 0.25) is 11.8 Å². The number of aryl methyl sites for hydroxylation is 2. The molecule has 0 radical (unpaired) electrons. The maximum absolute atomic E-state index is 12.7. The first kappa shape index (κ1) is 23.8. The highest BCUT2D eigenvalue weighted by molar-refractivity contribution is 14.0. The van der Waals surface area contributed by atoms with Gasteiger partial charge in [-0.2, -0.15) is 5.10 Å². The van der Waals surface area contributed by atoms with Crippen molar-refractivity contribution in [3.8, 4) is 11.3 Å². The van der Waals surface area contributed by atoms with Crippen molar-refractivity contribution >= 4 is 41.5 Å². The molecular weight excluding hydrogens is 521 g/mol. The Labute approximate surface area is 204 Å². The van der Waals surface area contributed by atoms with Gasteiger partial charge >= 0.3 is 0 Å². The Hall–Kier alpha value is -2.89. The summed E-state index contributed by atoms with van der Waals surface area (Å²) in [6.07, 6.45) is 5.28. The van der Waals surface area contributed by atoms with Gasteiger partial charge in [0.25, 0.3) is 0 Å². The van der Waals surface area contributed by atoms with Crippen LogP contribution in [0.4, 0.5) is 5.69 Å². The number of halogens is 1. The van der Waals surface area contributed by atoms with Gasteiger partial charge in [-0.1, -0.05) is 29.8 Å². The van der Waals surface area contributed by atoms with Crippen LogP contribution in [0.5, 0.6) is 0 Å². The number of nitrogens with zero attached hydrogens (tertiary/aromatic N) is 6. The standard InChI is InChI=1S/C22H27N7O2.HI/c1-4-23-22(28-9-10-29(21(30)15-28)18-11-26-27(3)14-18)25-13-20-24-12-19(31-20)17-7-5-16(2)6-8-17;/h5-8,11-12,14H,4,9-10,13,15H2,1-3H3,(H,23,25);1H. The van der Waals surface area contributed by atoms with Crippen LogP contribution in [0.15, 0.2) is 52.3 Å². The van der Waals surface area contributed by atoms with Crippen molar-refractivity contribution in [2.45, 2.75) is 20.4 Å². The van der Waals surface area contributed by atoms with Crippen molar-refractivity contribution < 1.29 is 9.21 Å². The molecule has 9 nitrogen and oxygen atoms in total. The Kier molecular flexibility index (Phi) is 7.89. The molecule has 0 unspecified atom stereocenters. The molecule has 0 aliphatic carbocycles. The molecule has 1 aliphatic heterocycles. The van der Waals surface area contributed by atoms with Crippen LogP contribution in [0.3, 0.4) is 0 Å². The number of rotatable bonds is 5. The number of amides is 1. The molecule has 0 atom stereocenters. The van der Waals surface area contributed by atoms with E-state index in [1.54, 1.807) is 22.0 Å². The molecule has 3 heterocycles. The second-order valence-corrected chi connectivity index (χ2v) is 7.49. The summed E-state index contributed by atoms with van der Waals surface area (Å²) in [6.45, 7) is 6.55. The van der Waals surface area contributed by atoms with Gasteiger partial charge in [-0.15, -0.1) is 24.0 Å². The lowest BCUT2D eigenvalue weighted by Crippen LogP contribution is -2.55. The van der Waals surface area contributed by atoms with E-state index in [0.717, 1.165) is 17.0 Å². The Morgan fingerprint density at radius 3 is 2.66 bits per heavy atom. The minimum absolute atomic E-state index is 0. The highest BCUT2D eigenvalue weighted by Crippen LogP contribution is 2.21. The van der Waals surface area contributed by atoms with Crippen LogP contribution in [0.1, 0.15) is 18.4 Å². The SMILES string of the molecule is CCNC(=NCc1ncc(-c2ccc(C)cc2)o1)N1CCN(c2cnn(C)c2)C(=O)C1.I. The number of hydrogen-bond donors (Lipinski definition) is 1. The van der Waals surface area contributed by atoms with Crippen molar-refractivity contribution in [2.24, 2.45) is 12.0 Å². The van der Waals surface area contributed by atoms with Crippen LogP contribution < -0.4 is 10.2 Å². The second-order valence-electron chi connectivity index (χ2n) is 7.49. The summed E-state index contributed by atoms with van der Waals surface area (Å²) in [5, 5.41) is 7.42. The lowest BCUT2D eigenvalue weighted by Gasteiger charge is -2.35. The number of aliphatic imine (C=N–C) groups is 1. The number of oxazole rings is 1. The van der Waals surface area contributed by atoms with E-state index in [4.69, 9.17) is 4.42 Å². The number of anilines is 1. The summed E-state index contributed by atoms with van der Waals surface area (Å²) >= 11 is 0. The van der Waals surface area contributed by atoms with Crippen molar-refractivity contribution in [1.82, 2.24) is 25.0 Å². The van der Waals surface area contributed by atoms with Crippen molar-refractivity contribution in [3.63, 3.8) is 0 Å². The second kappa shape index (κ2) is 10.6. The number of hydrogen-bond acceptors (Lipinski definition) is 5. The van der Waals surface area contributed by atoms with Crippen molar-refractivity contribution in [1.29, 1.82) is 0 Å². The predicted octanol–water partition coefficient (Wildman–Crippen LogP) is 2.82. The molecule has 1 aliphatic rings. The quantitative estimate of drug-likeness (QED) is 0.299. The topological polar surface area (TPSA) is 91.8 Å². The summed E-state index contributed by atoms with van der Waals surface area (Å²) in [4.78, 5) is 25.4. The molecule has 0 spiro atoms. The zero-order valence-electron chi connectivity index (χ0n) is 18.5. The highest BCUT2D eigenvalue weighted by Gasteiger charge is 2.27. The number of aromatic nitrogens is 3. The highest BCUT2D eigenvalue weighted by atomic mass is 127. The molecule has 0 saturated carbocycles. The van der Waals surface area contributed by atoms with E-state index in [-0.39, 0.29) is 36.4 Å². The first-order valence-electron chi connectivity index (χ1n) is 10.4. The van der Waals surface area contributed by atoms with Crippen LogP contribution in [-0.2, 0) is 18.4 Å². The molecule has 1 fully saturated rings. The first-order valence-corrected chi connectivity index (χ1v) is 10.4. The van der Waals surface area contributed by atoms with E-state index in [9.17, 15) is 4.79 Å². The molecule has 4 rings (SSSR count). The zero-order valence-corrected chi connectivity index (χ0v) is 20.8. The normalized spacial score (nSPS) is 14.5. The maximum atomic E-state index is 12.7. The number of benzene rings is 1. The summed E-state index contributed by atoms with van der Waals surface area (Å²) in [5.74, 6) is 1.95. The van der Waals surface area contributed by atoms with Crippen LogP contribution in [0.2, 0.25) is 0 Å². The van der Waals surface area contributed by atoms with E-state index in [0.29, 0.717) is 38.0 Å². The fourth-order valence-electron chi connectivity index (χ4n) is 3.48. The molecule has 1 N–H and O–H groups in total. The predicted molar refractivity (Wildman–Crippen MR) is 134 cm³/mol. The Morgan fingerprint density at radius 2 is 2.00 bits per heavy atom. The zero-order chi connectivity index (χ0) is 21.8. The monoisotopic (exact) mass is 549 g/mol. The molecule has 0 bridgehead atoms. The van der Waals surface area contributed by atoms with Gasteiger partial charge in [0.05, 0.1) is 18.1 Å². The summed E-state index contributed by atoms with van der Waals surface area (Å²) in [7, 11) is 1.84. The average Bonchev–Trinajstić information content (AvgIpc) is 3.41. The molecule has 10 heteroatoms. The van der Waals surface area contributed by atoms with E-state index < -0.39 is 0 Å². The Morgan fingerprint density at radius 1 is 1.22 bits per heavy atom. The molecule has 3 aromatic rings. The Bertz CT molecular complexity index is 1070. The van der Waals surface area contributed by atoms with Gasteiger partial charge < -0.3 is 19.5 Å². The van der Waals surface area contributed by atoms with Crippen LogP contribution in [-0.4, -0.2) is 57.7 Å². The third-order valence-corrected chi connectivity index (χ3v) is 5.11. The van der Waals surface area contributed by atoms with Gasteiger partial charge in [-0.05, 0) is 13.8 Å². The fourth-order valence-corrected chi connectivity index (χ4v) is 3.48. The molecule has 1 amide bonds. The van der Waals surface area contributed by atoms with Crippen molar-refractivity contribution in [2.75, 3.05) is 31.1 Å². The Balaban J connectivity index is 0.00000289. The van der Waals surface area contributed by atoms with Gasteiger partial charge in [-0.25, -0.2) is 9.98 Å². The van der Waals surface area contributed by atoms with Crippen LogP contribution in [0, 0.1) is 6.92 Å². The first-order chi connectivity index (χ1) is 15.0. The number of guanidine groups is 1. The number of carbonyl (C=O) groups is 1. The summed E-state index contributed by atoms with van der Waals surface area (Å²) in [5.41, 5.74) is 3.00. The molecule has 2 aromatic heterocycles. The minimum atomic E-state index is 0. The van der Waals surface area contributed by atoms with E-state index in [1.165, 1.54) is 5.56 Å². The molecule has 32 heavy (non-hydrogen) atoms. The summed E-state index contributed by atoms with van der Waals surface area (Å²) in [6, 6.07) is 8.11. The number of carbonyl (C=O) groups excluding carboxylic acids is 1. The van der Waals surface area contributed by atoms with E-state index >= 15 is 0 Å². The van der Waals surface area contributed by atoms with Crippen LogP contribution in [0.25, 0.3) is 11.3 Å². The number of piperazine rings is 1. The van der Waals surface area contributed by atoms with Crippen molar-refractivity contribution in [3.05, 3.63) is 54.3 Å². The van der Waals surface area contributed by atoms with E-state index in [1.807, 2.05) is 56.3 Å². The molecule has 1 aromatic carbocycles. The van der Waals surface area contributed by atoms with Gasteiger partial charge in [0, 0.05) is 38.4 Å². The maximum Gasteiger partial charge on any atom is 0.246 e. The molecular formula is C22H28IN7O2. The van der Waals surface area contributed by atoms with Gasteiger partial charge in [-0.3, -0.25) is 9.48 Å². The molecule has 170 valence electrons. The largest absolute Gasteiger partial charge is 0.439 e. The molecule has 1 saturated heterocycles. The van der Waals surface area contributed by atoms with Gasteiger partial charge in [0.1, 0.15) is 13.1 Å². The van der Waals surface area contributed by atoms with E-state index in [2.05, 4.69) is 20.4 Å². The minimum Gasteiger partial charge on any atom is -0.439 e. The summed E-state index contributed by atoms with van der Waals surface area (Å²) < 4.78 is 7.57. The number of nitrogens with one attached hydrogen (secondary N) is 1. The van der Waals surface area contributed by atoms with Gasteiger partial charge in [0.15, 0.2) is 11.7 Å². The fraction of sp³-hybridized carbons (Fsp3) is 0.364. The average molecular weight is 549 g/mol.